The minimum atomic E-state index is 0.424. The average molecular weight is 480 g/mol. The number of halogens is 1. The average Bonchev–Trinajstić information content (AvgIpc) is 3.15. The first-order chi connectivity index (χ1) is 16.6. The van der Waals surface area contributed by atoms with Gasteiger partial charge in [-0.2, -0.15) is 9.97 Å². The van der Waals surface area contributed by atoms with E-state index in [1.807, 2.05) is 12.1 Å². The second kappa shape index (κ2) is 8.87. The summed E-state index contributed by atoms with van der Waals surface area (Å²) in [6, 6.07) is 13.8. The SMILES string of the molecule is COC[C@H]1CC2CN(c3nc(OC)nc4c3CCN(c3cccc5cccc(Cl)c35)C4)CC1N2. The molecule has 3 aromatic rings. The van der Waals surface area contributed by atoms with Crippen LogP contribution in [0.5, 0.6) is 6.01 Å². The summed E-state index contributed by atoms with van der Waals surface area (Å²) in [6.45, 7) is 4.28. The normalized spacial score (nSPS) is 23.9. The monoisotopic (exact) mass is 479 g/mol. The molecule has 1 N–H and O–H groups in total. The van der Waals surface area contributed by atoms with Crippen LogP contribution < -0.4 is 19.9 Å². The number of benzene rings is 2. The van der Waals surface area contributed by atoms with Crippen molar-refractivity contribution in [1.29, 1.82) is 0 Å². The van der Waals surface area contributed by atoms with Gasteiger partial charge >= 0.3 is 6.01 Å². The number of ether oxygens (including phenoxy) is 2. The van der Waals surface area contributed by atoms with E-state index in [9.17, 15) is 0 Å². The van der Waals surface area contributed by atoms with Gasteiger partial charge in [0.1, 0.15) is 5.82 Å². The third-order valence-electron chi connectivity index (χ3n) is 7.52. The van der Waals surface area contributed by atoms with E-state index in [1.165, 1.54) is 5.56 Å². The molecule has 3 aliphatic heterocycles. The molecule has 8 heteroatoms. The standard InChI is InChI=1S/C26H30ClN5O2/c1-33-15-17-11-18-12-32(13-21(17)28-18)25-19-9-10-31(14-22(19)29-26(30-25)34-2)23-8-4-6-16-5-3-7-20(27)24(16)23/h3-8,17-18,21,28H,9-15H2,1-2H3/t17-,18?,21?/m1/s1. The van der Waals surface area contributed by atoms with E-state index in [4.69, 9.17) is 31.0 Å². The predicted octanol–water partition coefficient (Wildman–Crippen LogP) is 3.67. The van der Waals surface area contributed by atoms with E-state index in [-0.39, 0.29) is 0 Å². The molecular formula is C26H30ClN5O2. The molecule has 178 valence electrons. The second-order valence-corrected chi connectivity index (χ2v) is 9.98. The van der Waals surface area contributed by atoms with Crippen LogP contribution in [0, 0.1) is 5.92 Å². The highest BCUT2D eigenvalue weighted by atomic mass is 35.5. The van der Waals surface area contributed by atoms with E-state index in [2.05, 4.69) is 39.4 Å². The van der Waals surface area contributed by atoms with Gasteiger partial charge < -0.3 is 24.6 Å². The van der Waals surface area contributed by atoms with Crippen molar-refractivity contribution in [3.8, 4) is 6.01 Å². The maximum atomic E-state index is 6.63. The lowest BCUT2D eigenvalue weighted by molar-refractivity contribution is 0.147. The van der Waals surface area contributed by atoms with Gasteiger partial charge in [0.25, 0.3) is 0 Å². The van der Waals surface area contributed by atoms with Crippen molar-refractivity contribution in [1.82, 2.24) is 15.3 Å². The van der Waals surface area contributed by atoms with Crippen LogP contribution in [0.3, 0.4) is 0 Å². The zero-order valence-electron chi connectivity index (χ0n) is 19.6. The van der Waals surface area contributed by atoms with E-state index in [0.717, 1.165) is 72.1 Å². The Labute approximate surface area is 205 Å². The lowest BCUT2D eigenvalue weighted by atomic mass is 10.0. The maximum Gasteiger partial charge on any atom is 0.318 e. The van der Waals surface area contributed by atoms with Crippen molar-refractivity contribution in [3.05, 3.63) is 52.7 Å². The minimum absolute atomic E-state index is 0.424. The van der Waals surface area contributed by atoms with Gasteiger partial charge in [0.2, 0.25) is 0 Å². The zero-order chi connectivity index (χ0) is 23.2. The van der Waals surface area contributed by atoms with Crippen LogP contribution in [-0.4, -0.2) is 62.5 Å². The largest absolute Gasteiger partial charge is 0.467 e. The summed E-state index contributed by atoms with van der Waals surface area (Å²) < 4.78 is 11.0. The van der Waals surface area contributed by atoms with Crippen molar-refractivity contribution in [3.63, 3.8) is 0 Å². The smallest absolute Gasteiger partial charge is 0.318 e. The molecule has 2 fully saturated rings. The van der Waals surface area contributed by atoms with Crippen molar-refractivity contribution < 1.29 is 9.47 Å². The molecule has 0 aliphatic carbocycles. The highest BCUT2D eigenvalue weighted by Crippen LogP contribution is 2.38. The molecule has 2 saturated heterocycles. The van der Waals surface area contributed by atoms with Gasteiger partial charge in [-0.25, -0.2) is 0 Å². The fraction of sp³-hybridized carbons (Fsp3) is 0.462. The zero-order valence-corrected chi connectivity index (χ0v) is 20.4. The van der Waals surface area contributed by atoms with Gasteiger partial charge in [-0.15, -0.1) is 0 Å². The van der Waals surface area contributed by atoms with Gasteiger partial charge in [0.15, 0.2) is 0 Å². The van der Waals surface area contributed by atoms with Crippen molar-refractivity contribution in [2.45, 2.75) is 31.5 Å². The second-order valence-electron chi connectivity index (χ2n) is 9.57. The first-order valence-electron chi connectivity index (χ1n) is 12.0. The number of aromatic nitrogens is 2. The molecule has 7 nitrogen and oxygen atoms in total. The number of piperazine rings is 1. The van der Waals surface area contributed by atoms with E-state index < -0.39 is 0 Å². The lowest BCUT2D eigenvalue weighted by Crippen LogP contribution is -2.53. The van der Waals surface area contributed by atoms with Crippen molar-refractivity contribution in [2.75, 3.05) is 50.3 Å². The maximum absolute atomic E-state index is 6.63. The molecular weight excluding hydrogens is 450 g/mol. The Balaban J connectivity index is 1.34. The summed E-state index contributed by atoms with van der Waals surface area (Å²) in [7, 11) is 3.44. The molecule has 0 saturated carbocycles. The number of nitrogens with one attached hydrogen (secondary N) is 1. The van der Waals surface area contributed by atoms with Crippen LogP contribution in [0.2, 0.25) is 5.02 Å². The molecule has 2 unspecified atom stereocenters. The minimum Gasteiger partial charge on any atom is -0.467 e. The van der Waals surface area contributed by atoms with Crippen LogP contribution in [-0.2, 0) is 17.7 Å². The number of anilines is 2. The lowest BCUT2D eigenvalue weighted by Gasteiger charge is -2.38. The Hall–Kier alpha value is -2.61. The first-order valence-corrected chi connectivity index (χ1v) is 12.4. The third kappa shape index (κ3) is 3.76. The summed E-state index contributed by atoms with van der Waals surface area (Å²) in [6.07, 6.45) is 2.03. The molecule has 6 rings (SSSR count). The summed E-state index contributed by atoms with van der Waals surface area (Å²) in [5.74, 6) is 1.58. The molecule has 2 bridgehead atoms. The van der Waals surface area contributed by atoms with Crippen LogP contribution in [0.4, 0.5) is 11.5 Å². The topological polar surface area (TPSA) is 62.8 Å². The number of nitrogens with zero attached hydrogens (tertiary/aromatic N) is 4. The van der Waals surface area contributed by atoms with Crippen LogP contribution in [0.25, 0.3) is 10.8 Å². The Morgan fingerprint density at radius 1 is 1.09 bits per heavy atom. The fourth-order valence-electron chi connectivity index (χ4n) is 6.00. The summed E-state index contributed by atoms with van der Waals surface area (Å²) in [4.78, 5) is 14.5. The number of hydrogen-bond donors (Lipinski definition) is 1. The fourth-order valence-corrected chi connectivity index (χ4v) is 6.28. The molecule has 1 aromatic heterocycles. The summed E-state index contributed by atoms with van der Waals surface area (Å²) >= 11 is 6.63. The number of methoxy groups -OCH3 is 2. The molecule has 2 aromatic carbocycles. The van der Waals surface area contributed by atoms with Crippen LogP contribution in [0.15, 0.2) is 36.4 Å². The highest BCUT2D eigenvalue weighted by molar-refractivity contribution is 6.36. The molecule has 4 heterocycles. The van der Waals surface area contributed by atoms with Gasteiger partial charge in [-0.1, -0.05) is 35.9 Å². The Morgan fingerprint density at radius 3 is 2.76 bits per heavy atom. The van der Waals surface area contributed by atoms with Gasteiger partial charge in [-0.05, 0) is 30.4 Å². The molecule has 3 aliphatic rings. The Bertz CT molecular complexity index is 1220. The molecule has 34 heavy (non-hydrogen) atoms. The summed E-state index contributed by atoms with van der Waals surface area (Å²) in [5.41, 5.74) is 3.43. The highest BCUT2D eigenvalue weighted by Gasteiger charge is 2.41. The molecule has 0 spiro atoms. The van der Waals surface area contributed by atoms with Crippen molar-refractivity contribution >= 4 is 33.9 Å². The van der Waals surface area contributed by atoms with E-state index in [1.54, 1.807) is 14.2 Å². The molecule has 0 amide bonds. The Kier molecular flexibility index (Phi) is 5.71. The van der Waals surface area contributed by atoms with E-state index >= 15 is 0 Å². The number of rotatable bonds is 5. The van der Waals surface area contributed by atoms with E-state index in [0.29, 0.717) is 30.6 Å². The van der Waals surface area contributed by atoms with Gasteiger partial charge in [0, 0.05) is 61.4 Å². The van der Waals surface area contributed by atoms with Crippen LogP contribution in [0.1, 0.15) is 17.7 Å². The first kappa shape index (κ1) is 21.9. The molecule has 0 radical (unpaired) electrons. The number of fused-ring (bicyclic) bond motifs is 4. The van der Waals surface area contributed by atoms with Crippen LogP contribution >= 0.6 is 11.6 Å². The number of hydrogen-bond acceptors (Lipinski definition) is 7. The third-order valence-corrected chi connectivity index (χ3v) is 7.84. The van der Waals surface area contributed by atoms with Gasteiger partial charge in [0.05, 0.1) is 31.0 Å². The quantitative estimate of drug-likeness (QED) is 0.599. The predicted molar refractivity (Wildman–Crippen MR) is 135 cm³/mol. The van der Waals surface area contributed by atoms with Gasteiger partial charge in [-0.3, -0.25) is 0 Å². The Morgan fingerprint density at radius 2 is 1.94 bits per heavy atom. The summed E-state index contributed by atoms with van der Waals surface area (Å²) in [5, 5.41) is 6.79. The molecule has 3 atom stereocenters. The van der Waals surface area contributed by atoms with Crippen molar-refractivity contribution in [2.24, 2.45) is 5.92 Å².